The van der Waals surface area contributed by atoms with Crippen molar-refractivity contribution in [1.82, 2.24) is 4.90 Å². The number of nitrogens with one attached hydrogen (secondary N) is 1. The number of anilines is 1. The summed E-state index contributed by atoms with van der Waals surface area (Å²) in [6.45, 7) is 4.43. The lowest BCUT2D eigenvalue weighted by Crippen LogP contribution is -2.30. The molecule has 0 saturated carbocycles. The van der Waals surface area contributed by atoms with Crippen LogP contribution in [-0.4, -0.2) is 23.8 Å². The third-order valence-electron chi connectivity index (χ3n) is 3.66. The van der Waals surface area contributed by atoms with E-state index in [1.807, 2.05) is 62.4 Å². The fraction of sp³-hybridized carbons (Fsp3) is 0.263. The number of carbonyl (C=O) groups excluding carboxylic acids is 2. The van der Waals surface area contributed by atoms with E-state index >= 15 is 0 Å². The topological polar surface area (TPSA) is 49.4 Å². The van der Waals surface area contributed by atoms with Gasteiger partial charge in [0, 0.05) is 19.3 Å². The van der Waals surface area contributed by atoms with Crippen molar-refractivity contribution < 1.29 is 9.59 Å². The van der Waals surface area contributed by atoms with Gasteiger partial charge in [-0.25, -0.2) is 0 Å². The molecule has 2 amide bonds. The Hall–Kier alpha value is -2.62. The predicted octanol–water partition coefficient (Wildman–Crippen LogP) is 3.29. The standard InChI is InChI=1S/C19H22N2O2/c1-14-9-10-17(15(2)11-14)20-18(22)12-19(23)21(3)13-16-7-5-4-6-8-16/h4-11H,12-13H2,1-3H3,(H,20,22). The van der Waals surface area contributed by atoms with E-state index in [2.05, 4.69) is 5.32 Å². The van der Waals surface area contributed by atoms with Crippen LogP contribution in [-0.2, 0) is 16.1 Å². The Morgan fingerprint density at radius 2 is 1.74 bits per heavy atom. The third kappa shape index (κ3) is 4.95. The van der Waals surface area contributed by atoms with Crippen LogP contribution in [0.3, 0.4) is 0 Å². The molecule has 2 aromatic rings. The fourth-order valence-corrected chi connectivity index (χ4v) is 2.37. The Morgan fingerprint density at radius 3 is 2.39 bits per heavy atom. The second-order valence-corrected chi connectivity index (χ2v) is 5.78. The van der Waals surface area contributed by atoms with Crippen LogP contribution in [0.5, 0.6) is 0 Å². The molecular formula is C19H22N2O2. The van der Waals surface area contributed by atoms with Crippen molar-refractivity contribution in [3.8, 4) is 0 Å². The number of carbonyl (C=O) groups is 2. The zero-order chi connectivity index (χ0) is 16.8. The average Bonchev–Trinajstić information content (AvgIpc) is 2.51. The molecule has 2 aromatic carbocycles. The highest BCUT2D eigenvalue weighted by Crippen LogP contribution is 2.16. The van der Waals surface area contributed by atoms with E-state index < -0.39 is 0 Å². The quantitative estimate of drug-likeness (QED) is 0.862. The number of nitrogens with zero attached hydrogens (tertiary/aromatic N) is 1. The van der Waals surface area contributed by atoms with E-state index in [4.69, 9.17) is 0 Å². The summed E-state index contributed by atoms with van der Waals surface area (Å²) in [5, 5.41) is 2.80. The first-order chi connectivity index (χ1) is 11.0. The summed E-state index contributed by atoms with van der Waals surface area (Å²) >= 11 is 0. The Bertz CT molecular complexity index is 696. The minimum atomic E-state index is -0.290. The Balaban J connectivity index is 1.90. The van der Waals surface area contributed by atoms with E-state index in [1.54, 1.807) is 11.9 Å². The zero-order valence-corrected chi connectivity index (χ0v) is 13.8. The molecule has 0 aliphatic heterocycles. The Morgan fingerprint density at radius 1 is 1.04 bits per heavy atom. The molecule has 0 heterocycles. The van der Waals surface area contributed by atoms with Crippen molar-refractivity contribution in [3.05, 3.63) is 65.2 Å². The maximum Gasteiger partial charge on any atom is 0.233 e. The van der Waals surface area contributed by atoms with Crippen molar-refractivity contribution in [1.29, 1.82) is 0 Å². The van der Waals surface area contributed by atoms with Crippen molar-refractivity contribution in [2.24, 2.45) is 0 Å². The van der Waals surface area contributed by atoms with Crippen LogP contribution in [0, 0.1) is 13.8 Å². The molecular weight excluding hydrogens is 288 g/mol. The summed E-state index contributed by atoms with van der Waals surface area (Å²) in [5.74, 6) is -0.488. The highest BCUT2D eigenvalue weighted by Gasteiger charge is 2.15. The summed E-state index contributed by atoms with van der Waals surface area (Å²) in [5.41, 5.74) is 3.92. The largest absolute Gasteiger partial charge is 0.341 e. The summed E-state index contributed by atoms with van der Waals surface area (Å²) in [7, 11) is 1.71. The van der Waals surface area contributed by atoms with Crippen molar-refractivity contribution in [2.75, 3.05) is 12.4 Å². The molecule has 0 radical (unpaired) electrons. The minimum absolute atomic E-state index is 0.156. The van der Waals surface area contributed by atoms with Crippen molar-refractivity contribution in [3.63, 3.8) is 0 Å². The molecule has 2 rings (SSSR count). The molecule has 120 valence electrons. The molecule has 0 aromatic heterocycles. The van der Waals surface area contributed by atoms with Crippen LogP contribution >= 0.6 is 0 Å². The van der Waals surface area contributed by atoms with Crippen LogP contribution in [0.15, 0.2) is 48.5 Å². The second kappa shape index (κ2) is 7.58. The second-order valence-electron chi connectivity index (χ2n) is 5.78. The number of hydrogen-bond donors (Lipinski definition) is 1. The van der Waals surface area contributed by atoms with Crippen molar-refractivity contribution >= 4 is 17.5 Å². The van der Waals surface area contributed by atoms with Gasteiger partial charge in [0.05, 0.1) is 0 Å². The van der Waals surface area contributed by atoms with Crippen LogP contribution in [0.25, 0.3) is 0 Å². The van der Waals surface area contributed by atoms with Crippen LogP contribution < -0.4 is 5.32 Å². The molecule has 1 N–H and O–H groups in total. The van der Waals surface area contributed by atoms with E-state index in [0.717, 1.165) is 22.4 Å². The molecule has 0 aliphatic carbocycles. The Labute approximate surface area is 137 Å². The van der Waals surface area contributed by atoms with Gasteiger partial charge in [-0.05, 0) is 31.0 Å². The Kier molecular flexibility index (Phi) is 5.52. The fourth-order valence-electron chi connectivity index (χ4n) is 2.37. The number of aryl methyl sites for hydroxylation is 2. The summed E-state index contributed by atoms with van der Waals surface area (Å²) < 4.78 is 0. The lowest BCUT2D eigenvalue weighted by Gasteiger charge is -2.17. The van der Waals surface area contributed by atoms with E-state index in [9.17, 15) is 9.59 Å². The lowest BCUT2D eigenvalue weighted by molar-refractivity contribution is -0.134. The highest BCUT2D eigenvalue weighted by atomic mass is 16.2. The SMILES string of the molecule is Cc1ccc(NC(=O)CC(=O)N(C)Cc2ccccc2)c(C)c1. The lowest BCUT2D eigenvalue weighted by atomic mass is 10.1. The van der Waals surface area contributed by atoms with Crippen LogP contribution in [0.2, 0.25) is 0 Å². The van der Waals surface area contributed by atoms with Crippen LogP contribution in [0.4, 0.5) is 5.69 Å². The molecule has 4 nitrogen and oxygen atoms in total. The van der Waals surface area contributed by atoms with E-state index in [0.29, 0.717) is 6.54 Å². The summed E-state index contributed by atoms with van der Waals surface area (Å²) in [4.78, 5) is 25.8. The molecule has 0 unspecified atom stereocenters. The van der Waals surface area contributed by atoms with Gasteiger partial charge in [-0.3, -0.25) is 9.59 Å². The van der Waals surface area contributed by atoms with E-state index in [1.165, 1.54) is 0 Å². The third-order valence-corrected chi connectivity index (χ3v) is 3.66. The zero-order valence-electron chi connectivity index (χ0n) is 13.8. The first-order valence-corrected chi connectivity index (χ1v) is 7.60. The number of benzene rings is 2. The summed E-state index contributed by atoms with van der Waals surface area (Å²) in [6, 6.07) is 15.5. The monoisotopic (exact) mass is 310 g/mol. The molecule has 0 aliphatic rings. The van der Waals surface area contributed by atoms with Gasteiger partial charge in [0.1, 0.15) is 6.42 Å². The number of rotatable bonds is 5. The molecule has 0 fully saturated rings. The van der Waals surface area contributed by atoms with Gasteiger partial charge in [0.25, 0.3) is 0 Å². The number of amides is 2. The van der Waals surface area contributed by atoms with Gasteiger partial charge in [-0.15, -0.1) is 0 Å². The molecule has 0 spiro atoms. The van der Waals surface area contributed by atoms with Crippen LogP contribution in [0.1, 0.15) is 23.1 Å². The maximum absolute atomic E-state index is 12.2. The molecule has 23 heavy (non-hydrogen) atoms. The van der Waals surface area contributed by atoms with Crippen molar-refractivity contribution in [2.45, 2.75) is 26.8 Å². The minimum Gasteiger partial charge on any atom is -0.341 e. The predicted molar refractivity (Wildman–Crippen MR) is 92.1 cm³/mol. The average molecular weight is 310 g/mol. The highest BCUT2D eigenvalue weighted by molar-refractivity contribution is 6.03. The number of hydrogen-bond acceptors (Lipinski definition) is 2. The van der Waals surface area contributed by atoms with Gasteiger partial charge in [0.2, 0.25) is 11.8 Å². The van der Waals surface area contributed by atoms with Gasteiger partial charge < -0.3 is 10.2 Å². The first-order valence-electron chi connectivity index (χ1n) is 7.60. The summed E-state index contributed by atoms with van der Waals surface area (Å²) in [6.07, 6.45) is -0.156. The smallest absolute Gasteiger partial charge is 0.233 e. The van der Waals surface area contributed by atoms with Gasteiger partial charge in [-0.2, -0.15) is 0 Å². The van der Waals surface area contributed by atoms with Gasteiger partial charge >= 0.3 is 0 Å². The molecule has 4 heteroatoms. The van der Waals surface area contributed by atoms with Gasteiger partial charge in [0.15, 0.2) is 0 Å². The molecule has 0 bridgehead atoms. The maximum atomic E-state index is 12.2. The normalized spacial score (nSPS) is 10.2. The molecule has 0 saturated heterocycles. The first kappa shape index (κ1) is 16.7. The molecule has 0 atom stereocenters. The van der Waals surface area contributed by atoms with Gasteiger partial charge in [-0.1, -0.05) is 48.0 Å². The van der Waals surface area contributed by atoms with E-state index in [-0.39, 0.29) is 18.2 Å².